The highest BCUT2D eigenvalue weighted by Crippen LogP contribution is 2.18. The predicted molar refractivity (Wildman–Crippen MR) is 78.2 cm³/mol. The molecule has 0 heterocycles. The minimum absolute atomic E-state index is 0.00157. The molecule has 0 aliphatic heterocycles. The largest absolute Gasteiger partial charge is 0.466 e. The number of carbonyl (C=O) groups excluding carboxylic acids is 2. The van der Waals surface area contributed by atoms with E-state index < -0.39 is 16.9 Å². The fourth-order valence-corrected chi connectivity index (χ4v) is 1.74. The summed E-state index contributed by atoms with van der Waals surface area (Å²) in [5, 5.41) is 10.8. The van der Waals surface area contributed by atoms with Crippen molar-refractivity contribution in [1.82, 2.24) is 0 Å². The zero-order chi connectivity index (χ0) is 16.4. The topological polar surface area (TPSA) is 95.7 Å². The number of nitrogens with zero attached hydrogens (tertiary/aromatic N) is 1. The van der Waals surface area contributed by atoms with Crippen LogP contribution in [0.3, 0.4) is 0 Å². The van der Waals surface area contributed by atoms with E-state index in [4.69, 9.17) is 9.47 Å². The van der Waals surface area contributed by atoms with Gasteiger partial charge in [0.25, 0.3) is 5.69 Å². The van der Waals surface area contributed by atoms with Crippen molar-refractivity contribution in [3.05, 3.63) is 39.9 Å². The van der Waals surface area contributed by atoms with Gasteiger partial charge in [0.2, 0.25) is 0 Å². The van der Waals surface area contributed by atoms with Gasteiger partial charge in [-0.3, -0.25) is 19.7 Å². The van der Waals surface area contributed by atoms with Gasteiger partial charge in [0.1, 0.15) is 0 Å². The average Bonchev–Trinajstić information content (AvgIpc) is 2.51. The summed E-state index contributed by atoms with van der Waals surface area (Å²) in [5.74, 6) is -0.954. The van der Waals surface area contributed by atoms with E-state index in [0.29, 0.717) is 12.2 Å². The van der Waals surface area contributed by atoms with E-state index in [1.54, 1.807) is 18.2 Å². The van der Waals surface area contributed by atoms with Crippen LogP contribution in [-0.4, -0.2) is 30.1 Å². The third kappa shape index (κ3) is 6.34. The van der Waals surface area contributed by atoms with Crippen molar-refractivity contribution in [2.75, 3.05) is 13.2 Å². The van der Waals surface area contributed by atoms with Crippen molar-refractivity contribution in [3.8, 4) is 0 Å². The first-order valence-electron chi connectivity index (χ1n) is 7.08. The highest BCUT2D eigenvalue weighted by atomic mass is 16.6. The molecule has 7 heteroatoms. The van der Waals surface area contributed by atoms with E-state index in [2.05, 4.69) is 0 Å². The molecule has 7 nitrogen and oxygen atoms in total. The first kappa shape index (κ1) is 17.6. The van der Waals surface area contributed by atoms with Gasteiger partial charge in [-0.2, -0.15) is 0 Å². The molecule has 1 rings (SSSR count). The monoisotopic (exact) mass is 309 g/mol. The lowest BCUT2D eigenvalue weighted by molar-refractivity contribution is -0.385. The molecule has 0 aromatic heterocycles. The Kier molecular flexibility index (Phi) is 7.60. The Morgan fingerprint density at radius 2 is 1.68 bits per heavy atom. The first-order chi connectivity index (χ1) is 10.5. The van der Waals surface area contributed by atoms with Crippen LogP contribution in [0.4, 0.5) is 5.69 Å². The molecule has 1 aromatic rings. The van der Waals surface area contributed by atoms with Gasteiger partial charge in [-0.15, -0.1) is 0 Å². The number of benzene rings is 1. The Bertz CT molecular complexity index is 529. The van der Waals surface area contributed by atoms with Crippen LogP contribution in [0, 0.1) is 10.1 Å². The molecule has 0 spiro atoms. The van der Waals surface area contributed by atoms with Gasteiger partial charge in [0, 0.05) is 18.1 Å². The molecule has 0 unspecified atom stereocenters. The van der Waals surface area contributed by atoms with Crippen molar-refractivity contribution in [3.63, 3.8) is 0 Å². The van der Waals surface area contributed by atoms with E-state index in [1.165, 1.54) is 6.07 Å². The van der Waals surface area contributed by atoms with E-state index in [9.17, 15) is 19.7 Å². The summed E-state index contributed by atoms with van der Waals surface area (Å²) >= 11 is 0. The van der Waals surface area contributed by atoms with Crippen LogP contribution in [-0.2, 0) is 25.5 Å². The van der Waals surface area contributed by atoms with Gasteiger partial charge in [0.05, 0.1) is 31.0 Å². The number of hydrogen-bond acceptors (Lipinski definition) is 6. The molecule has 0 saturated heterocycles. The van der Waals surface area contributed by atoms with Crippen molar-refractivity contribution in [2.45, 2.75) is 32.6 Å². The maximum atomic E-state index is 11.5. The number of rotatable bonds is 9. The minimum Gasteiger partial charge on any atom is -0.466 e. The van der Waals surface area contributed by atoms with Crippen LogP contribution in [0.5, 0.6) is 0 Å². The molecule has 1 aromatic carbocycles. The number of para-hydroxylation sites is 1. The SMILES string of the molecule is CCCOC(=O)CCC(=O)OCCc1ccccc1[N+](=O)[O-]. The molecule has 0 bridgehead atoms. The van der Waals surface area contributed by atoms with Crippen molar-refractivity contribution in [1.29, 1.82) is 0 Å². The number of carbonyl (C=O) groups is 2. The van der Waals surface area contributed by atoms with E-state index in [-0.39, 0.29) is 31.6 Å². The maximum Gasteiger partial charge on any atom is 0.306 e. The summed E-state index contributed by atoms with van der Waals surface area (Å²) in [6, 6.07) is 6.29. The van der Waals surface area contributed by atoms with Crippen LogP contribution >= 0.6 is 0 Å². The zero-order valence-corrected chi connectivity index (χ0v) is 12.4. The Balaban J connectivity index is 2.31. The number of ether oxygens (including phenoxy) is 2. The fourth-order valence-electron chi connectivity index (χ4n) is 1.74. The van der Waals surface area contributed by atoms with Gasteiger partial charge in [0.15, 0.2) is 0 Å². The Morgan fingerprint density at radius 3 is 2.27 bits per heavy atom. The molecule has 0 amide bonds. The molecule has 120 valence electrons. The summed E-state index contributed by atoms with van der Waals surface area (Å²) in [4.78, 5) is 33.0. The van der Waals surface area contributed by atoms with E-state index >= 15 is 0 Å². The van der Waals surface area contributed by atoms with Gasteiger partial charge in [-0.1, -0.05) is 25.1 Å². The Hall–Kier alpha value is -2.44. The van der Waals surface area contributed by atoms with Crippen molar-refractivity contribution >= 4 is 17.6 Å². The lowest BCUT2D eigenvalue weighted by Crippen LogP contribution is -2.12. The fraction of sp³-hybridized carbons (Fsp3) is 0.467. The molecule has 0 aliphatic rings. The van der Waals surface area contributed by atoms with Crippen LogP contribution in [0.1, 0.15) is 31.7 Å². The second-order valence-corrected chi connectivity index (χ2v) is 4.58. The van der Waals surface area contributed by atoms with Crippen LogP contribution in [0.25, 0.3) is 0 Å². The van der Waals surface area contributed by atoms with E-state index in [0.717, 1.165) is 6.42 Å². The Labute approximate surface area is 128 Å². The standard InChI is InChI=1S/C15H19NO6/c1-2-10-21-14(17)7-8-15(18)22-11-9-12-5-3-4-6-13(12)16(19)20/h3-6H,2,7-11H2,1H3. The number of nitro benzene ring substituents is 1. The molecule has 22 heavy (non-hydrogen) atoms. The summed E-state index contributed by atoms with van der Waals surface area (Å²) < 4.78 is 9.80. The summed E-state index contributed by atoms with van der Waals surface area (Å²) in [6.07, 6.45) is 0.902. The zero-order valence-electron chi connectivity index (χ0n) is 12.4. The molecular formula is C15H19NO6. The highest BCUT2D eigenvalue weighted by molar-refractivity contribution is 5.77. The second-order valence-electron chi connectivity index (χ2n) is 4.58. The van der Waals surface area contributed by atoms with Crippen LogP contribution in [0.15, 0.2) is 24.3 Å². The van der Waals surface area contributed by atoms with Gasteiger partial charge in [-0.05, 0) is 6.42 Å². The second kappa shape index (κ2) is 9.49. The Morgan fingerprint density at radius 1 is 1.09 bits per heavy atom. The molecular weight excluding hydrogens is 290 g/mol. The summed E-state index contributed by atoms with van der Waals surface area (Å²) in [6.45, 7) is 2.25. The lowest BCUT2D eigenvalue weighted by Gasteiger charge is -2.06. The number of hydrogen-bond donors (Lipinski definition) is 0. The quantitative estimate of drug-likeness (QED) is 0.395. The highest BCUT2D eigenvalue weighted by Gasteiger charge is 2.13. The summed E-state index contributed by atoms with van der Waals surface area (Å²) in [5.41, 5.74) is 0.504. The molecule has 0 N–H and O–H groups in total. The molecule has 0 saturated carbocycles. The maximum absolute atomic E-state index is 11.5. The average molecular weight is 309 g/mol. The first-order valence-corrected chi connectivity index (χ1v) is 7.08. The van der Waals surface area contributed by atoms with Gasteiger partial charge >= 0.3 is 11.9 Å². The van der Waals surface area contributed by atoms with Crippen LogP contribution in [0.2, 0.25) is 0 Å². The van der Waals surface area contributed by atoms with Crippen LogP contribution < -0.4 is 0 Å². The summed E-state index contributed by atoms with van der Waals surface area (Å²) in [7, 11) is 0. The van der Waals surface area contributed by atoms with E-state index in [1.807, 2.05) is 6.92 Å². The number of nitro groups is 1. The predicted octanol–water partition coefficient (Wildman–Crippen LogP) is 2.41. The van der Waals surface area contributed by atoms with Crippen molar-refractivity contribution in [2.24, 2.45) is 0 Å². The number of esters is 2. The van der Waals surface area contributed by atoms with Crippen molar-refractivity contribution < 1.29 is 24.0 Å². The minimum atomic E-state index is -0.521. The molecule has 0 fully saturated rings. The smallest absolute Gasteiger partial charge is 0.306 e. The normalized spacial score (nSPS) is 10.0. The van der Waals surface area contributed by atoms with Gasteiger partial charge in [-0.25, -0.2) is 0 Å². The third-order valence-electron chi connectivity index (χ3n) is 2.82. The van der Waals surface area contributed by atoms with Gasteiger partial charge < -0.3 is 9.47 Å². The third-order valence-corrected chi connectivity index (χ3v) is 2.82. The lowest BCUT2D eigenvalue weighted by atomic mass is 10.1. The molecule has 0 atom stereocenters. The molecule has 0 aliphatic carbocycles. The molecule has 0 radical (unpaired) electrons.